The zero-order chi connectivity index (χ0) is 25.3. The molecule has 2 aliphatic heterocycles. The topological polar surface area (TPSA) is 117 Å². The lowest BCUT2D eigenvalue weighted by Gasteiger charge is -2.29. The maximum atomic E-state index is 13.5. The van der Waals surface area contributed by atoms with Crippen LogP contribution in [0.3, 0.4) is 0 Å². The summed E-state index contributed by atoms with van der Waals surface area (Å²) >= 11 is 6.26. The molecule has 2 bridgehead atoms. The lowest BCUT2D eigenvalue weighted by atomic mass is 10.1. The van der Waals surface area contributed by atoms with Crippen LogP contribution in [0.15, 0.2) is 71.6 Å². The molecule has 0 aliphatic carbocycles. The van der Waals surface area contributed by atoms with E-state index in [4.69, 9.17) is 16.3 Å². The van der Waals surface area contributed by atoms with Crippen molar-refractivity contribution in [3.63, 3.8) is 0 Å². The summed E-state index contributed by atoms with van der Waals surface area (Å²) in [7, 11) is -3.92. The van der Waals surface area contributed by atoms with Gasteiger partial charge in [0.05, 0.1) is 21.6 Å². The molecule has 188 valence electrons. The minimum Gasteiger partial charge on any atom is -0.504 e. The second kappa shape index (κ2) is 10.0. The molecule has 2 aliphatic rings. The highest BCUT2D eigenvalue weighted by atomic mass is 35.5. The normalized spacial score (nSPS) is 21.1. The van der Waals surface area contributed by atoms with E-state index >= 15 is 0 Å². The van der Waals surface area contributed by atoms with E-state index in [1.807, 2.05) is 18.2 Å². The zero-order valence-corrected chi connectivity index (χ0v) is 20.9. The van der Waals surface area contributed by atoms with Crippen molar-refractivity contribution in [3.8, 4) is 17.2 Å². The molecule has 36 heavy (non-hydrogen) atoms. The van der Waals surface area contributed by atoms with Gasteiger partial charge in [-0.2, -0.15) is 0 Å². The molecule has 10 heteroatoms. The molecule has 3 aromatic carbocycles. The summed E-state index contributed by atoms with van der Waals surface area (Å²) in [5.41, 5.74) is 0.333. The maximum Gasteiger partial charge on any atom is 0.323 e. The Bertz CT molecular complexity index is 1370. The minimum absolute atomic E-state index is 0.0613. The number of phenols is 1. The number of carbonyl (C=O) groups is 1. The second-order valence-electron chi connectivity index (χ2n) is 9.04. The highest BCUT2D eigenvalue weighted by Gasteiger charge is 2.42. The number of piperidine rings is 1. The number of amides is 2. The fraction of sp³-hybridized carbons (Fsp3) is 0.269. The number of nitrogens with one attached hydrogen (secondary N) is 3. The Balaban J connectivity index is 1.35. The first-order valence-corrected chi connectivity index (χ1v) is 13.6. The largest absolute Gasteiger partial charge is 0.504 e. The number of fused-ring (bicyclic) bond motifs is 2. The molecule has 0 radical (unpaired) electrons. The number of anilines is 2. The average Bonchev–Trinajstić information content (AvgIpc) is 3.19. The van der Waals surface area contributed by atoms with E-state index in [0.29, 0.717) is 30.0 Å². The highest BCUT2D eigenvalue weighted by Crippen LogP contribution is 2.42. The van der Waals surface area contributed by atoms with E-state index in [1.54, 1.807) is 36.4 Å². The van der Waals surface area contributed by atoms with Crippen molar-refractivity contribution in [1.82, 2.24) is 5.32 Å². The Hall–Kier alpha value is -3.27. The van der Waals surface area contributed by atoms with Gasteiger partial charge in [0, 0.05) is 12.1 Å². The number of hydrogen-bond donors (Lipinski definition) is 4. The third-order valence-electron chi connectivity index (χ3n) is 6.59. The van der Waals surface area contributed by atoms with E-state index in [-0.39, 0.29) is 27.7 Å². The van der Waals surface area contributed by atoms with E-state index in [1.165, 1.54) is 12.1 Å². The van der Waals surface area contributed by atoms with Crippen LogP contribution >= 0.6 is 11.6 Å². The highest BCUT2D eigenvalue weighted by molar-refractivity contribution is 7.92. The molecule has 5 rings (SSSR count). The molecule has 2 heterocycles. The molecule has 0 aromatic heterocycles. The van der Waals surface area contributed by atoms with Gasteiger partial charge in [0.25, 0.3) is 0 Å². The SMILES string of the molecule is O=C(Nc1ccccc1Oc1ccccc1)Nc1ccc(Cl)c(S(=O)(=O)C2C[C@H]3CC[C@H](C2)N3)c1O. The van der Waals surface area contributed by atoms with Crippen LogP contribution in [0.5, 0.6) is 17.2 Å². The van der Waals surface area contributed by atoms with Gasteiger partial charge >= 0.3 is 6.03 Å². The standard InChI is InChI=1S/C26H26ClN3O5S/c27-20-12-13-22(24(31)25(20)36(33,34)19-14-16-10-11-17(15-19)28-16)30-26(32)29-21-8-4-5-9-23(21)35-18-6-2-1-3-7-18/h1-9,12-13,16-17,19,28,31H,10-11,14-15H2,(H2,29,30,32)/t16-,17-/m1/s1. The molecule has 0 unspecified atom stereocenters. The number of hydrogen-bond acceptors (Lipinski definition) is 6. The van der Waals surface area contributed by atoms with Gasteiger partial charge in [-0.15, -0.1) is 0 Å². The molecule has 3 aromatic rings. The molecule has 2 fully saturated rings. The lowest BCUT2D eigenvalue weighted by molar-refractivity contribution is 0.262. The van der Waals surface area contributed by atoms with Gasteiger partial charge in [-0.3, -0.25) is 0 Å². The third kappa shape index (κ3) is 5.00. The van der Waals surface area contributed by atoms with Crippen molar-refractivity contribution >= 4 is 38.8 Å². The predicted molar refractivity (Wildman–Crippen MR) is 139 cm³/mol. The first-order chi connectivity index (χ1) is 17.3. The molecule has 0 spiro atoms. The van der Waals surface area contributed by atoms with Crippen molar-refractivity contribution in [2.24, 2.45) is 0 Å². The fourth-order valence-corrected chi connectivity index (χ4v) is 7.39. The van der Waals surface area contributed by atoms with Crippen LogP contribution in [0, 0.1) is 0 Å². The van der Waals surface area contributed by atoms with Crippen LogP contribution in [0.1, 0.15) is 25.7 Å². The predicted octanol–water partition coefficient (Wildman–Crippen LogP) is 5.54. The summed E-state index contributed by atoms with van der Waals surface area (Å²) in [6.45, 7) is 0. The van der Waals surface area contributed by atoms with Gasteiger partial charge in [0.2, 0.25) is 0 Å². The Labute approximate surface area is 214 Å². The molecule has 2 atom stereocenters. The Morgan fingerprint density at radius 1 is 0.917 bits per heavy atom. The molecule has 8 nitrogen and oxygen atoms in total. The number of para-hydroxylation sites is 3. The van der Waals surface area contributed by atoms with Crippen LogP contribution in [0.4, 0.5) is 16.2 Å². The van der Waals surface area contributed by atoms with Gasteiger partial charge in [0.15, 0.2) is 21.3 Å². The van der Waals surface area contributed by atoms with Crippen molar-refractivity contribution in [2.75, 3.05) is 10.6 Å². The number of aromatic hydroxyl groups is 1. The molecule has 2 amide bonds. The van der Waals surface area contributed by atoms with Gasteiger partial charge in [0.1, 0.15) is 10.6 Å². The quantitative estimate of drug-likeness (QED) is 0.313. The first kappa shape index (κ1) is 24.4. The number of rotatable bonds is 6. The number of urea groups is 1. The van der Waals surface area contributed by atoms with E-state index < -0.39 is 26.9 Å². The van der Waals surface area contributed by atoms with Crippen LogP contribution < -0.4 is 20.7 Å². The molecule has 4 N–H and O–H groups in total. The fourth-order valence-electron chi connectivity index (χ4n) is 4.89. The number of phenolic OH excluding ortho intramolecular Hbond substituents is 1. The molecular formula is C26H26ClN3O5S. The van der Waals surface area contributed by atoms with Crippen molar-refractivity contribution in [3.05, 3.63) is 71.8 Å². The Morgan fingerprint density at radius 2 is 1.56 bits per heavy atom. The summed E-state index contributed by atoms with van der Waals surface area (Å²) in [4.78, 5) is 12.5. The number of ether oxygens (including phenoxy) is 1. The molecule has 0 saturated carbocycles. The van der Waals surface area contributed by atoms with Gasteiger partial charge in [-0.1, -0.05) is 41.9 Å². The lowest BCUT2D eigenvalue weighted by Crippen LogP contribution is -2.43. The Kier molecular flexibility index (Phi) is 6.79. The van der Waals surface area contributed by atoms with Crippen molar-refractivity contribution < 1.29 is 23.1 Å². The van der Waals surface area contributed by atoms with E-state index in [9.17, 15) is 18.3 Å². The minimum atomic E-state index is -3.92. The average molecular weight is 528 g/mol. The van der Waals surface area contributed by atoms with E-state index in [2.05, 4.69) is 16.0 Å². The summed E-state index contributed by atoms with van der Waals surface area (Å²) in [6, 6.07) is 18.4. The smallest absolute Gasteiger partial charge is 0.323 e. The third-order valence-corrected chi connectivity index (χ3v) is 9.26. The number of sulfone groups is 1. The van der Waals surface area contributed by atoms with Gasteiger partial charge < -0.3 is 25.8 Å². The first-order valence-electron chi connectivity index (χ1n) is 11.7. The van der Waals surface area contributed by atoms with Crippen LogP contribution in [0.2, 0.25) is 5.02 Å². The van der Waals surface area contributed by atoms with Crippen LogP contribution in [0.25, 0.3) is 0 Å². The number of halogens is 1. The summed E-state index contributed by atoms with van der Waals surface area (Å²) in [5, 5.41) is 18.8. The van der Waals surface area contributed by atoms with E-state index in [0.717, 1.165) is 12.8 Å². The summed E-state index contributed by atoms with van der Waals surface area (Å²) in [6.07, 6.45) is 2.80. The molecule has 2 saturated heterocycles. The van der Waals surface area contributed by atoms with Gasteiger partial charge in [-0.25, -0.2) is 13.2 Å². The Morgan fingerprint density at radius 3 is 2.28 bits per heavy atom. The van der Waals surface area contributed by atoms with Crippen molar-refractivity contribution in [2.45, 2.75) is 47.9 Å². The van der Waals surface area contributed by atoms with Crippen LogP contribution in [-0.2, 0) is 9.84 Å². The zero-order valence-electron chi connectivity index (χ0n) is 19.3. The van der Waals surface area contributed by atoms with Crippen LogP contribution in [-0.4, -0.2) is 36.9 Å². The molecular weight excluding hydrogens is 502 g/mol. The summed E-state index contributed by atoms with van der Waals surface area (Å²) < 4.78 is 32.8. The summed E-state index contributed by atoms with van der Waals surface area (Å²) in [5.74, 6) is 0.448. The van der Waals surface area contributed by atoms with Crippen molar-refractivity contribution in [1.29, 1.82) is 0 Å². The monoisotopic (exact) mass is 527 g/mol. The number of benzene rings is 3. The second-order valence-corrected chi connectivity index (χ2v) is 11.6. The number of carbonyl (C=O) groups excluding carboxylic acids is 1. The van der Waals surface area contributed by atoms with Gasteiger partial charge in [-0.05, 0) is 62.1 Å². The maximum absolute atomic E-state index is 13.5.